The van der Waals surface area contributed by atoms with Crippen LogP contribution in [0.1, 0.15) is 20.8 Å². The predicted octanol–water partition coefficient (Wildman–Crippen LogP) is 3.73. The second-order valence-electron chi connectivity index (χ2n) is 3.00. The molecule has 0 saturated carbocycles. The first-order chi connectivity index (χ1) is 4.74. The van der Waals surface area contributed by atoms with Crippen molar-refractivity contribution in [3.63, 3.8) is 0 Å². The quantitative estimate of drug-likeness (QED) is 0.445. The van der Waals surface area contributed by atoms with Gasteiger partial charge in [0.1, 0.15) is 0 Å². The highest BCUT2D eigenvalue weighted by molar-refractivity contribution is 6.80. The second-order valence-corrected chi connectivity index (χ2v) is 9.00. The van der Waals surface area contributed by atoms with Crippen molar-refractivity contribution in [1.29, 1.82) is 0 Å². The summed E-state index contributed by atoms with van der Waals surface area (Å²) in [7, 11) is -0.849. The predicted molar refractivity (Wildman–Crippen MR) is 52.7 cm³/mol. The molecule has 0 aromatic carbocycles. The Morgan fingerprint density at radius 2 is 1.40 bits per heavy atom. The normalized spacial score (nSPS) is 12.0. The second kappa shape index (κ2) is 5.20. The van der Waals surface area contributed by atoms with Crippen LogP contribution in [0.25, 0.3) is 0 Å². The van der Waals surface area contributed by atoms with E-state index in [1.807, 2.05) is 0 Å². The van der Waals surface area contributed by atoms with Crippen molar-refractivity contribution in [2.45, 2.75) is 44.9 Å². The number of halogens is 1. The molecule has 0 aliphatic heterocycles. The van der Waals surface area contributed by atoms with Gasteiger partial charge in [0.25, 0.3) is 0 Å². The van der Waals surface area contributed by atoms with Gasteiger partial charge in [0.2, 0.25) is 0 Å². The Morgan fingerprint density at radius 3 is 1.50 bits per heavy atom. The van der Waals surface area contributed by atoms with Crippen molar-refractivity contribution in [1.82, 2.24) is 0 Å². The van der Waals surface area contributed by atoms with Crippen LogP contribution in [0.15, 0.2) is 0 Å². The summed E-state index contributed by atoms with van der Waals surface area (Å²) in [5, 5.41) is 0. The Hall–Kier alpha value is 0.507. The van der Waals surface area contributed by atoms with E-state index < -0.39 is 8.07 Å². The summed E-state index contributed by atoms with van der Waals surface area (Å²) >= 11 is 5.76. The molecule has 0 aromatic rings. The first kappa shape index (κ1) is 10.5. The zero-order chi connectivity index (χ0) is 8.04. The highest BCUT2D eigenvalue weighted by Crippen LogP contribution is 2.24. The molecule has 0 N–H and O–H groups in total. The largest absolute Gasteiger partial charge is 0.127 e. The highest BCUT2D eigenvalue weighted by Gasteiger charge is 2.24. The molecule has 0 nitrogen and oxygen atoms in total. The van der Waals surface area contributed by atoms with Crippen molar-refractivity contribution in [3.8, 4) is 0 Å². The lowest BCUT2D eigenvalue weighted by molar-refractivity contribution is 1.12. The minimum Gasteiger partial charge on any atom is -0.127 e. The van der Waals surface area contributed by atoms with Crippen LogP contribution in [-0.2, 0) is 0 Å². The van der Waals surface area contributed by atoms with E-state index in [2.05, 4.69) is 20.8 Å². The lowest BCUT2D eigenvalue weighted by atomic mass is 10.9. The van der Waals surface area contributed by atoms with Crippen molar-refractivity contribution in [3.05, 3.63) is 0 Å². The molecule has 0 radical (unpaired) electrons. The average molecular weight is 179 g/mol. The summed E-state index contributed by atoms with van der Waals surface area (Å²) in [6, 6.07) is 5.55. The summed E-state index contributed by atoms with van der Waals surface area (Å²) in [5.74, 6) is 0.877. The highest BCUT2D eigenvalue weighted by atomic mass is 35.5. The van der Waals surface area contributed by atoms with Crippen molar-refractivity contribution in [2.24, 2.45) is 0 Å². The number of hydrogen-bond donors (Lipinski definition) is 0. The fourth-order valence-corrected chi connectivity index (χ4v) is 5.65. The van der Waals surface area contributed by atoms with Gasteiger partial charge in [0.05, 0.1) is 8.07 Å². The van der Waals surface area contributed by atoms with Crippen LogP contribution in [0, 0.1) is 0 Å². The molecule has 0 aliphatic rings. The van der Waals surface area contributed by atoms with E-state index in [0.29, 0.717) is 0 Å². The standard InChI is InChI=1S/C8H19ClSi/c1-4-10(5-2,6-3)8-7-9/h4-8H2,1-3H3. The summed E-state index contributed by atoms with van der Waals surface area (Å²) in [4.78, 5) is 0. The fraction of sp³-hybridized carbons (Fsp3) is 1.00. The zero-order valence-electron chi connectivity index (χ0n) is 7.41. The van der Waals surface area contributed by atoms with Crippen LogP contribution in [0.3, 0.4) is 0 Å². The molecule has 0 bridgehead atoms. The molecular formula is C8H19ClSi. The maximum atomic E-state index is 5.76. The third kappa shape index (κ3) is 2.63. The van der Waals surface area contributed by atoms with Crippen LogP contribution >= 0.6 is 11.6 Å². The van der Waals surface area contributed by atoms with Gasteiger partial charge in [-0.3, -0.25) is 0 Å². The van der Waals surface area contributed by atoms with Gasteiger partial charge < -0.3 is 0 Å². The third-order valence-corrected chi connectivity index (χ3v) is 9.19. The summed E-state index contributed by atoms with van der Waals surface area (Å²) in [5.41, 5.74) is 0. The molecule has 0 saturated heterocycles. The van der Waals surface area contributed by atoms with Gasteiger partial charge in [0, 0.05) is 5.88 Å². The first-order valence-corrected chi connectivity index (χ1v) is 7.67. The molecule has 0 unspecified atom stereocenters. The molecule has 0 amide bonds. The van der Waals surface area contributed by atoms with Crippen LogP contribution in [0.4, 0.5) is 0 Å². The Morgan fingerprint density at radius 1 is 1.00 bits per heavy atom. The van der Waals surface area contributed by atoms with Gasteiger partial charge in [-0.05, 0) is 6.04 Å². The van der Waals surface area contributed by atoms with Gasteiger partial charge in [0.15, 0.2) is 0 Å². The van der Waals surface area contributed by atoms with E-state index in [1.54, 1.807) is 0 Å². The van der Waals surface area contributed by atoms with Crippen LogP contribution < -0.4 is 0 Å². The third-order valence-electron chi connectivity index (χ3n) is 2.87. The summed E-state index contributed by atoms with van der Waals surface area (Å²) in [6.07, 6.45) is 0. The lowest BCUT2D eigenvalue weighted by Crippen LogP contribution is -2.31. The van der Waals surface area contributed by atoms with Crippen molar-refractivity contribution in [2.75, 3.05) is 5.88 Å². The van der Waals surface area contributed by atoms with Crippen molar-refractivity contribution < 1.29 is 0 Å². The Bertz CT molecular complexity index is 71.1. The van der Waals surface area contributed by atoms with E-state index in [-0.39, 0.29) is 0 Å². The molecule has 0 spiro atoms. The molecule has 0 aromatic heterocycles. The van der Waals surface area contributed by atoms with Gasteiger partial charge in [-0.15, -0.1) is 11.6 Å². The van der Waals surface area contributed by atoms with E-state index in [1.165, 1.54) is 24.2 Å². The maximum Gasteiger partial charge on any atom is 0.0539 e. The Balaban J connectivity index is 3.87. The smallest absolute Gasteiger partial charge is 0.0539 e. The summed E-state index contributed by atoms with van der Waals surface area (Å²) < 4.78 is 0. The van der Waals surface area contributed by atoms with E-state index in [4.69, 9.17) is 11.6 Å². The number of alkyl halides is 1. The molecule has 62 valence electrons. The molecule has 0 atom stereocenters. The molecule has 0 rings (SSSR count). The Labute approximate surface area is 71.0 Å². The van der Waals surface area contributed by atoms with Gasteiger partial charge in [-0.25, -0.2) is 0 Å². The SMILES string of the molecule is CC[Si](CC)(CC)CCCl. The van der Waals surface area contributed by atoms with Gasteiger partial charge in [-0.2, -0.15) is 0 Å². The first-order valence-electron chi connectivity index (χ1n) is 4.30. The number of rotatable bonds is 5. The monoisotopic (exact) mass is 178 g/mol. The lowest BCUT2D eigenvalue weighted by Gasteiger charge is -2.26. The maximum absolute atomic E-state index is 5.76. The molecule has 2 heteroatoms. The average Bonchev–Trinajstić information content (AvgIpc) is 2.01. The molecular weight excluding hydrogens is 160 g/mol. The molecule has 0 heterocycles. The minimum absolute atomic E-state index is 0.849. The summed E-state index contributed by atoms with van der Waals surface area (Å²) in [6.45, 7) is 6.98. The van der Waals surface area contributed by atoms with Gasteiger partial charge >= 0.3 is 0 Å². The Kier molecular flexibility index (Phi) is 5.46. The zero-order valence-corrected chi connectivity index (χ0v) is 9.17. The van der Waals surface area contributed by atoms with E-state index in [0.717, 1.165) is 5.88 Å². The van der Waals surface area contributed by atoms with E-state index in [9.17, 15) is 0 Å². The number of hydrogen-bond acceptors (Lipinski definition) is 0. The fourth-order valence-electron chi connectivity index (χ4n) is 1.48. The van der Waals surface area contributed by atoms with Crippen LogP contribution in [-0.4, -0.2) is 14.0 Å². The minimum atomic E-state index is -0.849. The van der Waals surface area contributed by atoms with Crippen LogP contribution in [0.2, 0.25) is 24.2 Å². The molecule has 0 fully saturated rings. The van der Waals surface area contributed by atoms with E-state index >= 15 is 0 Å². The van der Waals surface area contributed by atoms with Gasteiger partial charge in [-0.1, -0.05) is 38.9 Å². The molecule has 10 heavy (non-hydrogen) atoms. The topological polar surface area (TPSA) is 0 Å². The van der Waals surface area contributed by atoms with Crippen LogP contribution in [0.5, 0.6) is 0 Å². The molecule has 0 aliphatic carbocycles. The van der Waals surface area contributed by atoms with Crippen molar-refractivity contribution >= 4 is 19.7 Å².